The van der Waals surface area contributed by atoms with Crippen LogP contribution in [0.2, 0.25) is 0 Å². The van der Waals surface area contributed by atoms with E-state index in [-0.39, 0.29) is 6.10 Å². The second kappa shape index (κ2) is 3.96. The van der Waals surface area contributed by atoms with Crippen LogP contribution in [0.25, 0.3) is 0 Å². The van der Waals surface area contributed by atoms with E-state index in [1.165, 1.54) is 0 Å². The van der Waals surface area contributed by atoms with E-state index < -0.39 is 11.9 Å². The topological polar surface area (TPSA) is 51.8 Å². The molecule has 1 aromatic heterocycles. The summed E-state index contributed by atoms with van der Waals surface area (Å²) in [6.45, 7) is 4.11. The highest BCUT2D eigenvalue weighted by Gasteiger charge is 2.36. The van der Waals surface area contributed by atoms with Gasteiger partial charge >= 0.3 is 0 Å². The maximum atomic E-state index is 9.89. The van der Waals surface area contributed by atoms with Crippen molar-refractivity contribution in [3.8, 4) is 0 Å². The van der Waals surface area contributed by atoms with E-state index in [4.69, 9.17) is 13.9 Å². The van der Waals surface area contributed by atoms with Crippen LogP contribution in [0, 0.1) is 0 Å². The first-order chi connectivity index (χ1) is 7.07. The quantitative estimate of drug-likeness (QED) is 0.821. The molecule has 2 atom stereocenters. The van der Waals surface area contributed by atoms with Crippen LogP contribution in [0.4, 0.5) is 0 Å². The Morgan fingerprint density at radius 3 is 2.93 bits per heavy atom. The third-order valence-corrected chi connectivity index (χ3v) is 2.45. The maximum absolute atomic E-state index is 9.89. The number of aliphatic hydroxyl groups is 1. The minimum Gasteiger partial charge on any atom is -0.469 e. The fraction of sp³-hybridized carbons (Fsp3) is 0.636. The standard InChI is InChI=1S/C11H16O4/c1-11(2)14-7-10(15-11)9(12)6-8-4-3-5-13-8/h3-5,9-10,12H,6-7H2,1-2H3/t9-,10+/m0/s1. The molecule has 0 spiro atoms. The van der Waals surface area contributed by atoms with Crippen LogP contribution in [0.15, 0.2) is 22.8 Å². The van der Waals surface area contributed by atoms with Gasteiger partial charge in [0.25, 0.3) is 0 Å². The van der Waals surface area contributed by atoms with Crippen molar-refractivity contribution in [2.24, 2.45) is 0 Å². The lowest BCUT2D eigenvalue weighted by Gasteiger charge is -2.19. The summed E-state index contributed by atoms with van der Waals surface area (Å²) in [7, 11) is 0. The predicted molar refractivity (Wildman–Crippen MR) is 53.3 cm³/mol. The van der Waals surface area contributed by atoms with Crippen LogP contribution >= 0.6 is 0 Å². The van der Waals surface area contributed by atoms with E-state index in [1.54, 1.807) is 12.3 Å². The molecular formula is C11H16O4. The van der Waals surface area contributed by atoms with Crippen LogP contribution in [0.5, 0.6) is 0 Å². The molecule has 0 amide bonds. The van der Waals surface area contributed by atoms with Gasteiger partial charge in [0.05, 0.1) is 19.0 Å². The van der Waals surface area contributed by atoms with Gasteiger partial charge in [0, 0.05) is 6.42 Å². The molecule has 1 saturated heterocycles. The van der Waals surface area contributed by atoms with Crippen molar-refractivity contribution >= 4 is 0 Å². The SMILES string of the molecule is CC1(C)OC[C@H]([C@@H](O)Cc2ccco2)O1. The minimum atomic E-state index is -0.588. The minimum absolute atomic E-state index is 0.273. The van der Waals surface area contributed by atoms with E-state index in [9.17, 15) is 5.11 Å². The zero-order valence-electron chi connectivity index (χ0n) is 8.97. The average molecular weight is 212 g/mol. The maximum Gasteiger partial charge on any atom is 0.163 e. The molecule has 2 heterocycles. The molecule has 0 saturated carbocycles. The van der Waals surface area contributed by atoms with Crippen molar-refractivity contribution in [3.63, 3.8) is 0 Å². The summed E-state index contributed by atoms with van der Waals surface area (Å²) in [4.78, 5) is 0. The fourth-order valence-electron chi connectivity index (χ4n) is 1.67. The molecule has 1 fully saturated rings. The number of furan rings is 1. The van der Waals surface area contributed by atoms with E-state index in [0.717, 1.165) is 5.76 Å². The van der Waals surface area contributed by atoms with E-state index >= 15 is 0 Å². The Kier molecular flexibility index (Phi) is 2.82. The molecule has 1 N–H and O–H groups in total. The van der Waals surface area contributed by atoms with Gasteiger partial charge in [0.2, 0.25) is 0 Å². The monoisotopic (exact) mass is 212 g/mol. The van der Waals surface area contributed by atoms with Gasteiger partial charge in [-0.05, 0) is 26.0 Å². The van der Waals surface area contributed by atoms with Crippen molar-refractivity contribution in [2.45, 2.75) is 38.3 Å². The molecule has 84 valence electrons. The molecule has 1 aliphatic rings. The largest absolute Gasteiger partial charge is 0.469 e. The highest BCUT2D eigenvalue weighted by atomic mass is 16.7. The molecule has 0 unspecified atom stereocenters. The third-order valence-electron chi connectivity index (χ3n) is 2.45. The molecule has 15 heavy (non-hydrogen) atoms. The van der Waals surface area contributed by atoms with Crippen molar-refractivity contribution in [1.29, 1.82) is 0 Å². The number of ether oxygens (including phenoxy) is 2. The molecule has 2 rings (SSSR count). The summed E-state index contributed by atoms with van der Waals surface area (Å²) in [5, 5.41) is 9.89. The summed E-state index contributed by atoms with van der Waals surface area (Å²) < 4.78 is 16.1. The average Bonchev–Trinajstić information content (AvgIpc) is 2.74. The van der Waals surface area contributed by atoms with Crippen molar-refractivity contribution in [3.05, 3.63) is 24.2 Å². The summed E-state index contributed by atoms with van der Waals surface area (Å²) >= 11 is 0. The highest BCUT2D eigenvalue weighted by Crippen LogP contribution is 2.25. The zero-order valence-corrected chi connectivity index (χ0v) is 8.97. The number of hydrogen-bond acceptors (Lipinski definition) is 4. The second-order valence-electron chi connectivity index (χ2n) is 4.22. The first-order valence-electron chi connectivity index (χ1n) is 5.09. The lowest BCUT2D eigenvalue weighted by Crippen LogP contribution is -2.32. The van der Waals surface area contributed by atoms with Crippen LogP contribution < -0.4 is 0 Å². The van der Waals surface area contributed by atoms with Gasteiger partial charge in [-0.3, -0.25) is 0 Å². The van der Waals surface area contributed by atoms with Gasteiger partial charge in [0.15, 0.2) is 5.79 Å². The first kappa shape index (κ1) is 10.7. The molecule has 0 aliphatic carbocycles. The first-order valence-corrected chi connectivity index (χ1v) is 5.09. The van der Waals surface area contributed by atoms with Gasteiger partial charge in [-0.1, -0.05) is 0 Å². The Balaban J connectivity index is 1.90. The number of hydrogen-bond donors (Lipinski definition) is 1. The summed E-state index contributed by atoms with van der Waals surface area (Å²) in [6, 6.07) is 3.64. The molecule has 4 heteroatoms. The Bertz CT molecular complexity index is 304. The summed E-state index contributed by atoms with van der Waals surface area (Å²) in [5.41, 5.74) is 0. The highest BCUT2D eigenvalue weighted by molar-refractivity contribution is 5.00. The van der Waals surface area contributed by atoms with E-state index in [1.807, 2.05) is 19.9 Å². The van der Waals surface area contributed by atoms with Gasteiger partial charge in [-0.25, -0.2) is 0 Å². The Morgan fingerprint density at radius 1 is 1.60 bits per heavy atom. The van der Waals surface area contributed by atoms with Gasteiger partial charge in [-0.2, -0.15) is 0 Å². The Labute approximate surface area is 88.8 Å². The van der Waals surface area contributed by atoms with Crippen LogP contribution in [-0.2, 0) is 15.9 Å². The smallest absolute Gasteiger partial charge is 0.163 e. The van der Waals surface area contributed by atoms with E-state index in [2.05, 4.69) is 0 Å². The van der Waals surface area contributed by atoms with E-state index in [0.29, 0.717) is 13.0 Å². The molecule has 0 aromatic carbocycles. The lowest BCUT2D eigenvalue weighted by molar-refractivity contribution is -0.151. The normalized spacial score (nSPS) is 26.7. The third kappa shape index (κ3) is 2.59. The summed E-state index contributed by atoms with van der Waals surface area (Å²) in [6.07, 6.45) is 1.19. The number of rotatable bonds is 3. The molecular weight excluding hydrogens is 196 g/mol. The molecule has 4 nitrogen and oxygen atoms in total. The fourth-order valence-corrected chi connectivity index (χ4v) is 1.67. The van der Waals surface area contributed by atoms with Crippen LogP contribution in [0.3, 0.4) is 0 Å². The van der Waals surface area contributed by atoms with Crippen LogP contribution in [-0.4, -0.2) is 29.7 Å². The zero-order chi connectivity index (χ0) is 10.9. The second-order valence-corrected chi connectivity index (χ2v) is 4.22. The predicted octanol–water partition coefficient (Wildman–Crippen LogP) is 1.33. The Morgan fingerprint density at radius 2 is 2.40 bits per heavy atom. The van der Waals surface area contributed by atoms with Crippen molar-refractivity contribution < 1.29 is 19.0 Å². The van der Waals surface area contributed by atoms with Gasteiger partial charge in [0.1, 0.15) is 11.9 Å². The summed E-state index contributed by atoms with van der Waals surface area (Å²) in [5.74, 6) is 0.172. The van der Waals surface area contributed by atoms with Crippen molar-refractivity contribution in [1.82, 2.24) is 0 Å². The molecule has 1 aliphatic heterocycles. The molecule has 1 aromatic rings. The van der Waals surface area contributed by atoms with Gasteiger partial charge < -0.3 is 19.0 Å². The lowest BCUT2D eigenvalue weighted by atomic mass is 10.1. The van der Waals surface area contributed by atoms with Crippen LogP contribution in [0.1, 0.15) is 19.6 Å². The Hall–Kier alpha value is -0.840. The van der Waals surface area contributed by atoms with Gasteiger partial charge in [-0.15, -0.1) is 0 Å². The van der Waals surface area contributed by atoms with Crippen molar-refractivity contribution in [2.75, 3.05) is 6.61 Å². The number of aliphatic hydroxyl groups excluding tert-OH is 1. The molecule has 0 bridgehead atoms. The molecule has 0 radical (unpaired) electrons.